The van der Waals surface area contributed by atoms with E-state index >= 15 is 0 Å². The summed E-state index contributed by atoms with van der Waals surface area (Å²) in [6, 6.07) is 6.51. The highest BCUT2D eigenvalue weighted by atomic mass is 16.7. The minimum atomic E-state index is -0.365. The van der Waals surface area contributed by atoms with Crippen molar-refractivity contribution in [2.24, 2.45) is 0 Å². The smallest absolute Gasteiger partial charge is 0.254 e. The maximum Gasteiger partial charge on any atom is 0.254 e. The number of carbonyl (C=O) groups excluding carboxylic acids is 2. The molecule has 1 aromatic carbocycles. The van der Waals surface area contributed by atoms with Gasteiger partial charge in [0.15, 0.2) is 17.3 Å². The van der Waals surface area contributed by atoms with E-state index in [-0.39, 0.29) is 31.3 Å². The van der Waals surface area contributed by atoms with E-state index in [0.717, 1.165) is 12.8 Å². The van der Waals surface area contributed by atoms with Crippen molar-refractivity contribution in [3.63, 3.8) is 0 Å². The van der Waals surface area contributed by atoms with E-state index in [0.29, 0.717) is 36.0 Å². The average Bonchev–Trinajstić information content (AvgIpc) is 3.42. The molecule has 27 heavy (non-hydrogen) atoms. The predicted octanol–water partition coefficient (Wildman–Crippen LogP) is 1.66. The van der Waals surface area contributed by atoms with Crippen LogP contribution in [0.1, 0.15) is 23.2 Å². The van der Waals surface area contributed by atoms with Gasteiger partial charge < -0.3 is 29.0 Å². The van der Waals surface area contributed by atoms with Crippen molar-refractivity contribution in [2.75, 3.05) is 31.8 Å². The van der Waals surface area contributed by atoms with Gasteiger partial charge in [-0.15, -0.1) is 0 Å². The van der Waals surface area contributed by atoms with Gasteiger partial charge in [0.1, 0.15) is 12.8 Å². The Morgan fingerprint density at radius 3 is 2.89 bits per heavy atom. The second-order valence-electron chi connectivity index (χ2n) is 6.32. The standard InChI is InChI=1S/C18H19N3O6/c22-17(19-16-5-7-27-20-16)10-21(9-13-2-1-6-24-13)18(23)12-3-4-14-15(8-12)26-11-25-14/h3-5,7-8,13H,1-2,6,9-11H2,(H,19,20,22). The Kier molecular flexibility index (Phi) is 4.93. The van der Waals surface area contributed by atoms with Gasteiger partial charge in [-0.05, 0) is 31.0 Å². The minimum absolute atomic E-state index is 0.0807. The molecule has 2 amide bonds. The summed E-state index contributed by atoms with van der Waals surface area (Å²) in [6.45, 7) is 1.01. The Morgan fingerprint density at radius 2 is 2.11 bits per heavy atom. The molecule has 4 rings (SSSR count). The quantitative estimate of drug-likeness (QED) is 0.821. The van der Waals surface area contributed by atoms with Crippen LogP contribution >= 0.6 is 0 Å². The summed E-state index contributed by atoms with van der Waals surface area (Å²) < 4.78 is 20.9. The lowest BCUT2D eigenvalue weighted by molar-refractivity contribution is -0.117. The molecular formula is C18H19N3O6. The van der Waals surface area contributed by atoms with E-state index in [1.807, 2.05) is 0 Å². The first-order chi connectivity index (χ1) is 13.2. The largest absolute Gasteiger partial charge is 0.454 e. The molecule has 0 spiro atoms. The van der Waals surface area contributed by atoms with Gasteiger partial charge >= 0.3 is 0 Å². The molecule has 1 saturated heterocycles. The Bertz CT molecular complexity index is 817. The topological polar surface area (TPSA) is 103 Å². The molecule has 0 bridgehead atoms. The summed E-state index contributed by atoms with van der Waals surface area (Å²) >= 11 is 0. The summed E-state index contributed by atoms with van der Waals surface area (Å²) in [5.41, 5.74) is 0.423. The number of rotatable bonds is 6. The number of amides is 2. The monoisotopic (exact) mass is 373 g/mol. The SMILES string of the molecule is O=C(CN(CC1CCCO1)C(=O)c1ccc2c(c1)OCO2)Nc1ccon1. The number of fused-ring (bicyclic) bond motifs is 1. The van der Waals surface area contributed by atoms with Crippen LogP contribution in [0.3, 0.4) is 0 Å². The fourth-order valence-corrected chi connectivity index (χ4v) is 3.10. The average molecular weight is 373 g/mol. The lowest BCUT2D eigenvalue weighted by atomic mass is 10.1. The van der Waals surface area contributed by atoms with Gasteiger partial charge in [0.25, 0.3) is 5.91 Å². The van der Waals surface area contributed by atoms with Crippen molar-refractivity contribution in [1.82, 2.24) is 10.1 Å². The molecule has 142 valence electrons. The van der Waals surface area contributed by atoms with Crippen molar-refractivity contribution in [2.45, 2.75) is 18.9 Å². The lowest BCUT2D eigenvalue weighted by Gasteiger charge is -2.25. The Labute approximate surface area is 155 Å². The first-order valence-corrected chi connectivity index (χ1v) is 8.70. The molecule has 1 aromatic heterocycles. The highest BCUT2D eigenvalue weighted by Crippen LogP contribution is 2.33. The molecular weight excluding hydrogens is 354 g/mol. The molecule has 0 aliphatic carbocycles. The maximum atomic E-state index is 13.0. The molecule has 2 aliphatic rings. The first kappa shape index (κ1) is 17.3. The van der Waals surface area contributed by atoms with Crippen LogP contribution in [0.15, 0.2) is 35.1 Å². The van der Waals surface area contributed by atoms with Crippen LogP contribution in [-0.4, -0.2) is 54.5 Å². The van der Waals surface area contributed by atoms with Crippen molar-refractivity contribution < 1.29 is 28.3 Å². The molecule has 9 nitrogen and oxygen atoms in total. The zero-order valence-corrected chi connectivity index (χ0v) is 14.6. The van der Waals surface area contributed by atoms with Gasteiger partial charge in [0.2, 0.25) is 12.7 Å². The van der Waals surface area contributed by atoms with Gasteiger partial charge in [-0.2, -0.15) is 0 Å². The second kappa shape index (κ2) is 7.67. The zero-order chi connectivity index (χ0) is 18.6. The van der Waals surface area contributed by atoms with Crippen molar-refractivity contribution in [3.8, 4) is 11.5 Å². The lowest BCUT2D eigenvalue weighted by Crippen LogP contribution is -2.42. The van der Waals surface area contributed by atoms with Crippen LogP contribution in [0.2, 0.25) is 0 Å². The molecule has 1 unspecified atom stereocenters. The summed E-state index contributed by atoms with van der Waals surface area (Å²) in [4.78, 5) is 26.9. The Hall–Kier alpha value is -3.07. The second-order valence-corrected chi connectivity index (χ2v) is 6.32. The summed E-state index contributed by atoms with van der Waals surface area (Å²) in [5.74, 6) is 0.772. The fourth-order valence-electron chi connectivity index (χ4n) is 3.10. The van der Waals surface area contributed by atoms with E-state index in [9.17, 15) is 9.59 Å². The number of benzene rings is 1. The number of aromatic nitrogens is 1. The van der Waals surface area contributed by atoms with Crippen LogP contribution in [0.25, 0.3) is 0 Å². The number of hydrogen-bond donors (Lipinski definition) is 1. The predicted molar refractivity (Wildman–Crippen MR) is 92.6 cm³/mol. The van der Waals surface area contributed by atoms with Gasteiger partial charge in [0.05, 0.1) is 6.10 Å². The Morgan fingerprint density at radius 1 is 1.22 bits per heavy atom. The zero-order valence-electron chi connectivity index (χ0n) is 14.6. The van der Waals surface area contributed by atoms with E-state index < -0.39 is 0 Å². The molecule has 1 atom stereocenters. The summed E-state index contributed by atoms with van der Waals surface area (Å²) in [5, 5.41) is 6.25. The van der Waals surface area contributed by atoms with Crippen LogP contribution in [-0.2, 0) is 9.53 Å². The highest BCUT2D eigenvalue weighted by molar-refractivity contribution is 5.99. The van der Waals surface area contributed by atoms with Gasteiger partial charge in [0, 0.05) is 24.8 Å². The fraction of sp³-hybridized carbons (Fsp3) is 0.389. The Balaban J connectivity index is 1.49. The number of carbonyl (C=O) groups is 2. The van der Waals surface area contributed by atoms with E-state index in [4.69, 9.17) is 18.7 Å². The van der Waals surface area contributed by atoms with E-state index in [1.165, 1.54) is 17.2 Å². The van der Waals surface area contributed by atoms with Crippen molar-refractivity contribution in [3.05, 3.63) is 36.1 Å². The first-order valence-electron chi connectivity index (χ1n) is 8.70. The van der Waals surface area contributed by atoms with E-state index in [1.54, 1.807) is 18.2 Å². The third-order valence-electron chi connectivity index (χ3n) is 4.39. The molecule has 3 heterocycles. The number of nitrogens with zero attached hydrogens (tertiary/aromatic N) is 2. The van der Waals surface area contributed by atoms with Gasteiger partial charge in [-0.25, -0.2) is 0 Å². The number of ether oxygens (including phenoxy) is 3. The molecule has 0 radical (unpaired) electrons. The third kappa shape index (κ3) is 4.03. The van der Waals surface area contributed by atoms with Crippen molar-refractivity contribution in [1.29, 1.82) is 0 Å². The van der Waals surface area contributed by atoms with Crippen LogP contribution < -0.4 is 14.8 Å². The minimum Gasteiger partial charge on any atom is -0.454 e. The van der Waals surface area contributed by atoms with Crippen LogP contribution in [0.4, 0.5) is 5.82 Å². The van der Waals surface area contributed by atoms with Gasteiger partial charge in [-0.1, -0.05) is 5.16 Å². The molecule has 1 N–H and O–H groups in total. The highest BCUT2D eigenvalue weighted by Gasteiger charge is 2.26. The summed E-state index contributed by atoms with van der Waals surface area (Å²) in [7, 11) is 0. The molecule has 0 saturated carbocycles. The van der Waals surface area contributed by atoms with Crippen LogP contribution in [0, 0.1) is 0 Å². The molecule has 9 heteroatoms. The molecule has 2 aliphatic heterocycles. The number of anilines is 1. The third-order valence-corrected chi connectivity index (χ3v) is 4.39. The molecule has 1 fully saturated rings. The normalized spacial score (nSPS) is 17.7. The molecule has 2 aromatic rings. The summed E-state index contributed by atoms with van der Waals surface area (Å²) in [6.07, 6.45) is 3.08. The van der Waals surface area contributed by atoms with Crippen LogP contribution in [0.5, 0.6) is 11.5 Å². The number of nitrogens with one attached hydrogen (secondary N) is 1. The maximum absolute atomic E-state index is 13.0. The number of hydrogen-bond acceptors (Lipinski definition) is 7. The van der Waals surface area contributed by atoms with Crippen molar-refractivity contribution >= 4 is 17.6 Å². The van der Waals surface area contributed by atoms with E-state index in [2.05, 4.69) is 10.5 Å². The van der Waals surface area contributed by atoms with Gasteiger partial charge in [-0.3, -0.25) is 9.59 Å².